The van der Waals surface area contributed by atoms with E-state index in [2.05, 4.69) is 0 Å². The molecule has 0 aromatic heterocycles. The first-order valence-corrected chi connectivity index (χ1v) is 9.18. The van der Waals surface area contributed by atoms with Crippen LogP contribution in [0.25, 0.3) is 0 Å². The monoisotopic (exact) mass is 350 g/mol. The molecule has 26 heavy (non-hydrogen) atoms. The van der Waals surface area contributed by atoms with Crippen molar-refractivity contribution in [1.82, 2.24) is 9.80 Å². The topological polar surface area (TPSA) is 40.6 Å². The van der Waals surface area contributed by atoms with Gasteiger partial charge in [0.1, 0.15) is 0 Å². The molecule has 1 saturated heterocycles. The molecule has 2 amide bonds. The van der Waals surface area contributed by atoms with Crippen LogP contribution in [0.2, 0.25) is 0 Å². The van der Waals surface area contributed by atoms with Gasteiger partial charge in [-0.25, -0.2) is 0 Å². The number of hydrogen-bond donors (Lipinski definition) is 0. The maximum absolute atomic E-state index is 12.5. The summed E-state index contributed by atoms with van der Waals surface area (Å²) in [6, 6.07) is 16.1. The lowest BCUT2D eigenvalue weighted by Crippen LogP contribution is -2.51. The minimum absolute atomic E-state index is 0.139. The largest absolute Gasteiger partial charge is 0.339 e. The molecule has 0 unspecified atom stereocenters. The van der Waals surface area contributed by atoms with Crippen LogP contribution < -0.4 is 0 Å². The van der Waals surface area contributed by atoms with Crippen LogP contribution in [0.5, 0.6) is 0 Å². The van der Waals surface area contributed by atoms with E-state index < -0.39 is 0 Å². The second-order valence-electron chi connectivity index (χ2n) is 7.03. The standard InChI is InChI=1S/C22H26N2O2/c1-17-7-9-19(10-8-17)15-21(25)23-11-13-24(14-12-23)22(26)16-20-6-4-3-5-18(20)2/h3-10H,11-16H2,1-2H3. The highest BCUT2D eigenvalue weighted by Gasteiger charge is 2.24. The molecule has 0 N–H and O–H groups in total. The second kappa shape index (κ2) is 8.17. The lowest BCUT2D eigenvalue weighted by atomic mass is 10.0. The number of amides is 2. The Morgan fingerprint density at radius 3 is 1.88 bits per heavy atom. The van der Waals surface area contributed by atoms with Crippen molar-refractivity contribution in [3.05, 3.63) is 70.8 Å². The quantitative estimate of drug-likeness (QED) is 0.851. The van der Waals surface area contributed by atoms with Crippen molar-refractivity contribution in [2.75, 3.05) is 26.2 Å². The van der Waals surface area contributed by atoms with Gasteiger partial charge in [0.2, 0.25) is 11.8 Å². The lowest BCUT2D eigenvalue weighted by molar-refractivity contribution is -0.138. The highest BCUT2D eigenvalue weighted by molar-refractivity contribution is 5.81. The van der Waals surface area contributed by atoms with Crippen molar-refractivity contribution < 1.29 is 9.59 Å². The van der Waals surface area contributed by atoms with Crippen LogP contribution in [0, 0.1) is 13.8 Å². The molecule has 2 aromatic carbocycles. The average molecular weight is 350 g/mol. The Kier molecular flexibility index (Phi) is 5.71. The number of nitrogens with zero attached hydrogens (tertiary/aromatic N) is 2. The average Bonchev–Trinajstić information content (AvgIpc) is 2.65. The summed E-state index contributed by atoms with van der Waals surface area (Å²) in [6.07, 6.45) is 0.863. The number of carbonyl (C=O) groups is 2. The minimum atomic E-state index is 0.139. The predicted molar refractivity (Wildman–Crippen MR) is 103 cm³/mol. The molecule has 3 rings (SSSR count). The van der Waals surface area contributed by atoms with Gasteiger partial charge >= 0.3 is 0 Å². The van der Waals surface area contributed by atoms with Crippen LogP contribution >= 0.6 is 0 Å². The zero-order valence-electron chi connectivity index (χ0n) is 15.6. The lowest BCUT2D eigenvalue weighted by Gasteiger charge is -2.35. The van der Waals surface area contributed by atoms with Gasteiger partial charge in [-0.3, -0.25) is 9.59 Å². The molecule has 136 valence electrons. The van der Waals surface area contributed by atoms with E-state index >= 15 is 0 Å². The second-order valence-corrected chi connectivity index (χ2v) is 7.03. The Labute approximate surface area is 155 Å². The van der Waals surface area contributed by atoms with Gasteiger partial charge in [0, 0.05) is 26.2 Å². The molecule has 0 spiro atoms. The van der Waals surface area contributed by atoms with Crippen molar-refractivity contribution in [1.29, 1.82) is 0 Å². The molecule has 1 aliphatic heterocycles. The highest BCUT2D eigenvalue weighted by Crippen LogP contribution is 2.12. The zero-order chi connectivity index (χ0) is 18.5. The van der Waals surface area contributed by atoms with E-state index in [1.54, 1.807) is 0 Å². The number of aryl methyl sites for hydroxylation is 2. The normalized spacial score (nSPS) is 14.4. The summed E-state index contributed by atoms with van der Waals surface area (Å²) >= 11 is 0. The van der Waals surface area contributed by atoms with E-state index in [9.17, 15) is 9.59 Å². The van der Waals surface area contributed by atoms with E-state index in [0.29, 0.717) is 39.0 Å². The maximum atomic E-state index is 12.5. The summed E-state index contributed by atoms with van der Waals surface area (Å²) in [5.41, 5.74) is 4.46. The van der Waals surface area contributed by atoms with Gasteiger partial charge in [-0.15, -0.1) is 0 Å². The summed E-state index contributed by atoms with van der Waals surface area (Å²) < 4.78 is 0. The van der Waals surface area contributed by atoms with Crippen molar-refractivity contribution in [3.63, 3.8) is 0 Å². The minimum Gasteiger partial charge on any atom is -0.339 e. The smallest absolute Gasteiger partial charge is 0.227 e. The van der Waals surface area contributed by atoms with Gasteiger partial charge in [0.15, 0.2) is 0 Å². The fraction of sp³-hybridized carbons (Fsp3) is 0.364. The Balaban J connectivity index is 1.50. The summed E-state index contributed by atoms with van der Waals surface area (Å²) in [7, 11) is 0. The van der Waals surface area contributed by atoms with Crippen LogP contribution in [0.1, 0.15) is 22.3 Å². The van der Waals surface area contributed by atoms with Crippen molar-refractivity contribution in [3.8, 4) is 0 Å². The molecule has 4 nitrogen and oxygen atoms in total. The third kappa shape index (κ3) is 4.51. The van der Waals surface area contributed by atoms with Crippen LogP contribution in [-0.2, 0) is 22.4 Å². The molecule has 2 aromatic rings. The van der Waals surface area contributed by atoms with Gasteiger partial charge in [0.25, 0.3) is 0 Å². The first-order chi connectivity index (χ1) is 12.5. The van der Waals surface area contributed by atoms with Gasteiger partial charge in [-0.05, 0) is 30.5 Å². The summed E-state index contributed by atoms with van der Waals surface area (Å²) in [4.78, 5) is 28.8. The fourth-order valence-electron chi connectivity index (χ4n) is 3.28. The highest BCUT2D eigenvalue weighted by atomic mass is 16.2. The van der Waals surface area contributed by atoms with Crippen molar-refractivity contribution >= 4 is 11.8 Å². The van der Waals surface area contributed by atoms with Crippen LogP contribution in [-0.4, -0.2) is 47.8 Å². The summed E-state index contributed by atoms with van der Waals surface area (Å²) in [6.45, 7) is 6.53. The van der Waals surface area contributed by atoms with Crippen LogP contribution in [0.3, 0.4) is 0 Å². The van der Waals surface area contributed by atoms with Crippen molar-refractivity contribution in [2.24, 2.45) is 0 Å². The number of rotatable bonds is 4. The van der Waals surface area contributed by atoms with Gasteiger partial charge in [0.05, 0.1) is 12.8 Å². The first-order valence-electron chi connectivity index (χ1n) is 9.18. The van der Waals surface area contributed by atoms with E-state index in [-0.39, 0.29) is 11.8 Å². The predicted octanol–water partition coefficient (Wildman–Crippen LogP) is 2.76. The third-order valence-electron chi connectivity index (χ3n) is 5.06. The third-order valence-corrected chi connectivity index (χ3v) is 5.06. The van der Waals surface area contributed by atoms with Crippen LogP contribution in [0.4, 0.5) is 0 Å². The van der Waals surface area contributed by atoms with Gasteiger partial charge in [-0.1, -0.05) is 54.1 Å². The Hall–Kier alpha value is -2.62. The Morgan fingerprint density at radius 1 is 0.769 bits per heavy atom. The molecule has 0 atom stereocenters. The molecular weight excluding hydrogens is 324 g/mol. The van der Waals surface area contributed by atoms with Crippen LogP contribution in [0.15, 0.2) is 48.5 Å². The van der Waals surface area contributed by atoms with E-state index in [4.69, 9.17) is 0 Å². The van der Waals surface area contributed by atoms with Gasteiger partial charge < -0.3 is 9.80 Å². The summed E-state index contributed by atoms with van der Waals surface area (Å²) in [5.74, 6) is 0.282. The van der Waals surface area contributed by atoms with E-state index in [1.165, 1.54) is 5.56 Å². The molecular formula is C22H26N2O2. The molecule has 1 fully saturated rings. The number of carbonyl (C=O) groups excluding carboxylic acids is 2. The SMILES string of the molecule is Cc1ccc(CC(=O)N2CCN(C(=O)Cc3ccccc3C)CC2)cc1. The Bertz CT molecular complexity index is 775. The van der Waals surface area contributed by atoms with E-state index in [1.807, 2.05) is 72.2 Å². The maximum Gasteiger partial charge on any atom is 0.227 e. The van der Waals surface area contributed by atoms with E-state index in [0.717, 1.165) is 16.7 Å². The van der Waals surface area contributed by atoms with Gasteiger partial charge in [-0.2, -0.15) is 0 Å². The Morgan fingerprint density at radius 2 is 1.31 bits per heavy atom. The number of piperazine rings is 1. The molecule has 0 aliphatic carbocycles. The zero-order valence-corrected chi connectivity index (χ0v) is 15.6. The molecule has 4 heteroatoms. The molecule has 0 bridgehead atoms. The molecule has 0 saturated carbocycles. The molecule has 1 heterocycles. The first kappa shape index (κ1) is 18.2. The molecule has 0 radical (unpaired) electrons. The fourth-order valence-corrected chi connectivity index (χ4v) is 3.28. The number of benzene rings is 2. The molecule has 1 aliphatic rings. The number of hydrogen-bond acceptors (Lipinski definition) is 2. The summed E-state index contributed by atoms with van der Waals surface area (Å²) in [5, 5.41) is 0. The van der Waals surface area contributed by atoms with Crippen molar-refractivity contribution in [2.45, 2.75) is 26.7 Å².